The van der Waals surface area contributed by atoms with Gasteiger partial charge >= 0.3 is 0 Å². The molecule has 0 fully saturated rings. The molecule has 1 heterocycles. The maximum atomic E-state index is 5.53. The summed E-state index contributed by atoms with van der Waals surface area (Å²) in [6.07, 6.45) is 0. The summed E-state index contributed by atoms with van der Waals surface area (Å²) in [7, 11) is 0. The first-order chi connectivity index (χ1) is 6.36. The Morgan fingerprint density at radius 3 is 2.62 bits per heavy atom. The molecular weight excluding hydrogens is 182 g/mol. The molecule has 13 heavy (non-hydrogen) atoms. The molecule has 0 radical (unpaired) electrons. The number of azo groups is 1. The number of hydrogen-bond donors (Lipinski definition) is 1. The van der Waals surface area contributed by atoms with Crippen molar-refractivity contribution in [2.24, 2.45) is 16.0 Å². The number of rotatable bonds is 1. The third-order valence-electron chi connectivity index (χ3n) is 1.67. The molecule has 1 aliphatic heterocycles. The zero-order valence-electron chi connectivity index (χ0n) is 6.92. The van der Waals surface area contributed by atoms with E-state index < -0.39 is 0 Å². The van der Waals surface area contributed by atoms with Gasteiger partial charge in [0.1, 0.15) is 0 Å². The van der Waals surface area contributed by atoms with Crippen LogP contribution in [0, 0.1) is 0 Å². The van der Waals surface area contributed by atoms with Gasteiger partial charge < -0.3 is 0 Å². The Morgan fingerprint density at radius 2 is 2.00 bits per heavy atom. The van der Waals surface area contributed by atoms with Crippen LogP contribution in [0.5, 0.6) is 0 Å². The molecule has 4 heteroatoms. The van der Waals surface area contributed by atoms with Gasteiger partial charge in [0, 0.05) is 11.0 Å². The van der Waals surface area contributed by atoms with E-state index >= 15 is 0 Å². The van der Waals surface area contributed by atoms with Crippen molar-refractivity contribution in [1.29, 1.82) is 0 Å². The van der Waals surface area contributed by atoms with E-state index in [0.29, 0.717) is 0 Å². The number of thioether (sulfide) groups is 1. The smallest absolute Gasteiger partial charge is 0.169 e. The first-order valence-corrected chi connectivity index (χ1v) is 4.88. The highest BCUT2D eigenvalue weighted by atomic mass is 32.2. The normalized spacial score (nSPS) is 21.3. The van der Waals surface area contributed by atoms with Crippen molar-refractivity contribution in [3.63, 3.8) is 0 Å². The van der Waals surface area contributed by atoms with Crippen LogP contribution in [0.25, 0.3) is 5.70 Å². The average Bonchev–Trinajstić information content (AvgIpc) is 2.20. The predicted octanol–water partition coefficient (Wildman–Crippen LogP) is 2.43. The Balaban J connectivity index is 2.25. The molecular formula is C9H9N3S. The van der Waals surface area contributed by atoms with E-state index in [0.717, 1.165) is 11.3 Å². The summed E-state index contributed by atoms with van der Waals surface area (Å²) in [5.41, 5.74) is 7.25. The van der Waals surface area contributed by atoms with E-state index in [4.69, 9.17) is 5.73 Å². The maximum absolute atomic E-state index is 5.53. The van der Waals surface area contributed by atoms with Crippen LogP contribution in [0.3, 0.4) is 0 Å². The summed E-state index contributed by atoms with van der Waals surface area (Å²) in [4.78, 5) is 0. The molecule has 1 atom stereocenters. The summed E-state index contributed by atoms with van der Waals surface area (Å²) in [5.74, 6) is 0. The summed E-state index contributed by atoms with van der Waals surface area (Å²) in [6, 6.07) is 9.93. The van der Waals surface area contributed by atoms with Crippen LogP contribution in [0.15, 0.2) is 46.0 Å². The minimum absolute atomic E-state index is 0.243. The van der Waals surface area contributed by atoms with Crippen molar-refractivity contribution in [3.05, 3.63) is 41.3 Å². The van der Waals surface area contributed by atoms with E-state index in [1.807, 2.05) is 35.7 Å². The highest BCUT2D eigenvalue weighted by molar-refractivity contribution is 8.02. The molecule has 1 unspecified atom stereocenters. The van der Waals surface area contributed by atoms with Gasteiger partial charge in [0.25, 0.3) is 0 Å². The quantitative estimate of drug-likeness (QED) is 0.741. The largest absolute Gasteiger partial charge is 0.299 e. The molecule has 1 aromatic carbocycles. The first-order valence-electron chi connectivity index (χ1n) is 3.94. The Labute approximate surface area is 80.7 Å². The zero-order valence-corrected chi connectivity index (χ0v) is 7.74. The molecule has 0 amide bonds. The third-order valence-corrected chi connectivity index (χ3v) is 2.40. The SMILES string of the molecule is NC1N=NC(c2ccccc2)=CS1. The van der Waals surface area contributed by atoms with Crippen molar-refractivity contribution < 1.29 is 0 Å². The minimum atomic E-state index is -0.243. The fourth-order valence-corrected chi connectivity index (χ4v) is 1.59. The van der Waals surface area contributed by atoms with E-state index in [1.165, 1.54) is 11.8 Å². The van der Waals surface area contributed by atoms with Gasteiger partial charge in [-0.2, -0.15) is 10.2 Å². The van der Waals surface area contributed by atoms with Crippen LogP contribution in [-0.2, 0) is 0 Å². The van der Waals surface area contributed by atoms with E-state index in [1.54, 1.807) is 0 Å². The lowest BCUT2D eigenvalue weighted by molar-refractivity contribution is 0.903. The van der Waals surface area contributed by atoms with Crippen molar-refractivity contribution >= 4 is 17.5 Å². The van der Waals surface area contributed by atoms with E-state index in [9.17, 15) is 0 Å². The van der Waals surface area contributed by atoms with Crippen LogP contribution >= 0.6 is 11.8 Å². The minimum Gasteiger partial charge on any atom is -0.299 e. The molecule has 66 valence electrons. The van der Waals surface area contributed by atoms with Crippen LogP contribution in [0.4, 0.5) is 0 Å². The standard InChI is InChI=1S/C9H9N3S/c10-9-12-11-8(6-13-9)7-4-2-1-3-5-7/h1-6,9H,10H2. The maximum Gasteiger partial charge on any atom is 0.169 e. The lowest BCUT2D eigenvalue weighted by Gasteiger charge is -2.08. The van der Waals surface area contributed by atoms with Gasteiger partial charge in [0.2, 0.25) is 0 Å². The monoisotopic (exact) mass is 191 g/mol. The topological polar surface area (TPSA) is 50.7 Å². The molecule has 2 rings (SSSR count). The van der Waals surface area contributed by atoms with E-state index in [2.05, 4.69) is 10.2 Å². The molecule has 0 saturated heterocycles. The fraction of sp³-hybridized carbons (Fsp3) is 0.111. The van der Waals surface area contributed by atoms with Crippen molar-refractivity contribution in [2.45, 2.75) is 5.50 Å². The van der Waals surface area contributed by atoms with Crippen molar-refractivity contribution in [3.8, 4) is 0 Å². The second-order valence-corrected chi connectivity index (χ2v) is 3.60. The van der Waals surface area contributed by atoms with Gasteiger partial charge in [0.05, 0.1) is 5.70 Å². The molecule has 0 bridgehead atoms. The van der Waals surface area contributed by atoms with Gasteiger partial charge in [-0.25, -0.2) is 0 Å². The summed E-state index contributed by atoms with van der Waals surface area (Å²) < 4.78 is 0. The second-order valence-electron chi connectivity index (χ2n) is 2.61. The molecule has 1 aliphatic rings. The zero-order chi connectivity index (χ0) is 9.10. The summed E-state index contributed by atoms with van der Waals surface area (Å²) in [6.45, 7) is 0. The molecule has 3 nitrogen and oxygen atoms in total. The summed E-state index contributed by atoms with van der Waals surface area (Å²) in [5, 5.41) is 9.84. The molecule has 0 aliphatic carbocycles. The molecule has 0 spiro atoms. The Bertz CT molecular complexity index is 345. The lowest BCUT2D eigenvalue weighted by Crippen LogP contribution is -2.11. The molecule has 2 N–H and O–H groups in total. The van der Waals surface area contributed by atoms with Gasteiger partial charge in [-0.3, -0.25) is 5.73 Å². The number of benzene rings is 1. The number of nitrogens with zero attached hydrogens (tertiary/aromatic N) is 2. The highest BCUT2D eigenvalue weighted by Crippen LogP contribution is 2.26. The van der Waals surface area contributed by atoms with Gasteiger partial charge in [-0.05, 0) is 0 Å². The van der Waals surface area contributed by atoms with Crippen LogP contribution in [0.1, 0.15) is 5.56 Å². The lowest BCUT2D eigenvalue weighted by atomic mass is 10.2. The second kappa shape index (κ2) is 3.72. The highest BCUT2D eigenvalue weighted by Gasteiger charge is 2.07. The fourth-order valence-electron chi connectivity index (χ4n) is 1.04. The number of hydrogen-bond acceptors (Lipinski definition) is 4. The number of nitrogens with two attached hydrogens (primary N) is 1. The van der Waals surface area contributed by atoms with Crippen molar-refractivity contribution in [2.75, 3.05) is 0 Å². The Morgan fingerprint density at radius 1 is 1.23 bits per heavy atom. The molecule has 1 aromatic rings. The molecule has 0 saturated carbocycles. The third kappa shape index (κ3) is 1.96. The molecule has 0 aromatic heterocycles. The van der Waals surface area contributed by atoms with Crippen molar-refractivity contribution in [1.82, 2.24) is 0 Å². The van der Waals surface area contributed by atoms with Crippen LogP contribution in [-0.4, -0.2) is 5.50 Å². The van der Waals surface area contributed by atoms with Crippen LogP contribution < -0.4 is 5.73 Å². The van der Waals surface area contributed by atoms with Gasteiger partial charge in [-0.1, -0.05) is 42.1 Å². The Kier molecular flexibility index (Phi) is 2.42. The predicted molar refractivity (Wildman–Crippen MR) is 54.8 cm³/mol. The van der Waals surface area contributed by atoms with Gasteiger partial charge in [0.15, 0.2) is 5.50 Å². The average molecular weight is 191 g/mol. The van der Waals surface area contributed by atoms with Crippen LogP contribution in [0.2, 0.25) is 0 Å². The van der Waals surface area contributed by atoms with Gasteiger partial charge in [-0.15, -0.1) is 0 Å². The summed E-state index contributed by atoms with van der Waals surface area (Å²) >= 11 is 1.48. The Hall–Kier alpha value is -1.13. The van der Waals surface area contributed by atoms with E-state index in [-0.39, 0.29) is 5.50 Å². The first kappa shape index (κ1) is 8.47.